The van der Waals surface area contributed by atoms with Crippen molar-refractivity contribution < 1.29 is 19.0 Å². The summed E-state index contributed by atoms with van der Waals surface area (Å²) in [6, 6.07) is 11.4. The molecule has 5 nitrogen and oxygen atoms in total. The van der Waals surface area contributed by atoms with Crippen LogP contribution in [0, 0.1) is 11.2 Å². The van der Waals surface area contributed by atoms with Crippen molar-refractivity contribution in [1.82, 2.24) is 4.72 Å². The second kappa shape index (κ2) is 12.8. The summed E-state index contributed by atoms with van der Waals surface area (Å²) in [5, 5.41) is 7.00. The molecule has 186 valence electrons. The molecule has 8 heteroatoms. The average molecular weight is 507 g/mol. The molecule has 0 saturated heterocycles. The third kappa shape index (κ3) is 6.68. The number of aliphatic hydroxyl groups is 1. The minimum atomic E-state index is -0.294. The van der Waals surface area contributed by atoms with Crippen molar-refractivity contribution in [1.29, 1.82) is 0 Å². The molecule has 2 N–H and O–H groups in total. The van der Waals surface area contributed by atoms with Crippen LogP contribution in [0.4, 0.5) is 15.8 Å². The van der Waals surface area contributed by atoms with E-state index in [4.69, 9.17) is 9.84 Å². The molecule has 2 aliphatic rings. The number of hydrogen-bond acceptors (Lipinski definition) is 7. The SMILES string of the molecule is CCCCC1CN(c2ccc(F)cc2)c2cc(SCC)c(OCC3(C=O)CC3)cc2SN1.CO. The van der Waals surface area contributed by atoms with Crippen LogP contribution in [0.2, 0.25) is 0 Å². The predicted molar refractivity (Wildman–Crippen MR) is 140 cm³/mol. The van der Waals surface area contributed by atoms with Crippen LogP contribution in [0.1, 0.15) is 46.0 Å². The average Bonchev–Trinajstić information content (AvgIpc) is 3.67. The number of rotatable bonds is 10. The number of halogens is 1. The second-order valence-electron chi connectivity index (χ2n) is 8.61. The maximum absolute atomic E-state index is 13.6. The quantitative estimate of drug-likeness (QED) is 0.226. The number of carbonyl (C=O) groups excluding carboxylic acids is 1. The van der Waals surface area contributed by atoms with Crippen molar-refractivity contribution in [2.45, 2.75) is 61.8 Å². The van der Waals surface area contributed by atoms with Gasteiger partial charge in [-0.1, -0.05) is 26.7 Å². The number of aldehydes is 1. The molecular formula is C26H35FN2O3S2. The van der Waals surface area contributed by atoms with Crippen molar-refractivity contribution in [2.24, 2.45) is 5.41 Å². The summed E-state index contributed by atoms with van der Waals surface area (Å²) in [5.74, 6) is 1.53. The van der Waals surface area contributed by atoms with Gasteiger partial charge in [-0.3, -0.25) is 4.72 Å². The number of nitrogens with one attached hydrogen (secondary N) is 1. The number of anilines is 2. The minimum Gasteiger partial charge on any atom is -0.491 e. The molecule has 1 aliphatic carbocycles. The van der Waals surface area contributed by atoms with Crippen LogP contribution in [-0.4, -0.2) is 43.4 Å². The van der Waals surface area contributed by atoms with Gasteiger partial charge in [-0.05, 0) is 73.4 Å². The zero-order chi connectivity index (χ0) is 24.6. The summed E-state index contributed by atoms with van der Waals surface area (Å²) in [5.41, 5.74) is 1.79. The van der Waals surface area contributed by atoms with Crippen LogP contribution in [0.5, 0.6) is 5.75 Å². The molecule has 34 heavy (non-hydrogen) atoms. The number of carbonyl (C=O) groups is 1. The van der Waals surface area contributed by atoms with Crippen molar-refractivity contribution in [3.63, 3.8) is 0 Å². The molecule has 0 aromatic heterocycles. The van der Waals surface area contributed by atoms with Crippen molar-refractivity contribution >= 4 is 41.4 Å². The molecule has 1 fully saturated rings. The van der Waals surface area contributed by atoms with Gasteiger partial charge in [-0.25, -0.2) is 4.39 Å². The Morgan fingerprint density at radius 2 is 2.00 bits per heavy atom. The highest BCUT2D eigenvalue weighted by molar-refractivity contribution is 7.99. The standard InChI is InChI=1S/C25H31FN2O2S2.CH4O/c1-3-5-6-19-15-28(20-9-7-18(26)8-10-20)21-13-24(31-4-2)22(14-23(21)32-27-19)30-17-25(16-29)11-12-25;1-2/h7-10,13-14,16,19,27H,3-6,11-12,15,17H2,1-2H3;2H,1H3. The molecule has 0 spiro atoms. The number of ether oxygens (including phenoxy) is 1. The van der Waals surface area contributed by atoms with Crippen LogP contribution in [0.25, 0.3) is 0 Å². The normalized spacial score (nSPS) is 18.3. The first-order valence-corrected chi connectivity index (χ1v) is 13.7. The number of aliphatic hydroxyl groups excluding tert-OH is 1. The summed E-state index contributed by atoms with van der Waals surface area (Å²) in [4.78, 5) is 15.9. The number of benzene rings is 2. The molecular weight excluding hydrogens is 471 g/mol. The highest BCUT2D eigenvalue weighted by Crippen LogP contribution is 2.47. The van der Waals surface area contributed by atoms with Crippen molar-refractivity contribution in [2.75, 3.05) is 30.9 Å². The van der Waals surface area contributed by atoms with Gasteiger partial charge in [-0.15, -0.1) is 11.8 Å². The van der Waals surface area contributed by atoms with E-state index in [1.54, 1.807) is 23.7 Å². The molecule has 0 radical (unpaired) electrons. The molecule has 2 aromatic carbocycles. The molecule has 1 aliphatic heterocycles. The van der Waals surface area contributed by atoms with Gasteiger partial charge in [0.1, 0.15) is 24.5 Å². The predicted octanol–water partition coefficient (Wildman–Crippen LogP) is 6.21. The maximum Gasteiger partial charge on any atom is 0.134 e. The van der Waals surface area contributed by atoms with E-state index in [1.807, 2.05) is 12.1 Å². The monoisotopic (exact) mass is 506 g/mol. The summed E-state index contributed by atoms with van der Waals surface area (Å²) in [7, 11) is 1.00. The first-order chi connectivity index (χ1) is 16.6. The lowest BCUT2D eigenvalue weighted by atomic mass is 10.1. The fraction of sp³-hybridized carbons (Fsp3) is 0.500. The largest absolute Gasteiger partial charge is 0.491 e. The summed E-state index contributed by atoms with van der Waals surface area (Å²) >= 11 is 3.39. The van der Waals surface area contributed by atoms with Crippen LogP contribution in [0.15, 0.2) is 46.2 Å². The van der Waals surface area contributed by atoms with Gasteiger partial charge in [-0.2, -0.15) is 0 Å². The van der Waals surface area contributed by atoms with Crippen LogP contribution < -0.4 is 14.4 Å². The van der Waals surface area contributed by atoms with Crippen molar-refractivity contribution in [3.8, 4) is 5.75 Å². The Balaban J connectivity index is 0.00000158. The van der Waals surface area contributed by atoms with E-state index in [2.05, 4.69) is 35.6 Å². The molecule has 2 aromatic rings. The highest BCUT2D eigenvalue weighted by atomic mass is 32.2. The van der Waals surface area contributed by atoms with Crippen LogP contribution in [0.3, 0.4) is 0 Å². The molecule has 1 atom stereocenters. The number of thioether (sulfide) groups is 1. The van der Waals surface area contributed by atoms with Crippen molar-refractivity contribution in [3.05, 3.63) is 42.2 Å². The Kier molecular flexibility index (Phi) is 10.1. The third-order valence-electron chi connectivity index (χ3n) is 6.06. The lowest BCUT2D eigenvalue weighted by Crippen LogP contribution is -2.34. The molecule has 4 rings (SSSR count). The topological polar surface area (TPSA) is 61.8 Å². The Hall–Kier alpha value is -1.74. The van der Waals surface area contributed by atoms with E-state index in [0.29, 0.717) is 12.6 Å². The third-order valence-corrected chi connectivity index (χ3v) is 7.97. The number of unbranched alkanes of at least 4 members (excludes halogenated alkanes) is 1. The van der Waals surface area contributed by atoms with Gasteiger partial charge in [0.25, 0.3) is 0 Å². The smallest absolute Gasteiger partial charge is 0.134 e. The van der Waals surface area contributed by atoms with Crippen LogP contribution in [-0.2, 0) is 4.79 Å². The van der Waals surface area contributed by atoms with Gasteiger partial charge in [0, 0.05) is 25.4 Å². The van der Waals surface area contributed by atoms with Gasteiger partial charge < -0.3 is 19.5 Å². The van der Waals surface area contributed by atoms with E-state index in [9.17, 15) is 9.18 Å². The minimum absolute atomic E-state index is 0.228. The fourth-order valence-electron chi connectivity index (χ4n) is 3.85. The Labute approximate surface area is 211 Å². The van der Waals surface area contributed by atoms with E-state index in [-0.39, 0.29) is 11.2 Å². The fourth-order valence-corrected chi connectivity index (χ4v) is 5.54. The van der Waals surface area contributed by atoms with Gasteiger partial charge in [0.15, 0.2) is 0 Å². The number of nitrogens with zero attached hydrogens (tertiary/aromatic N) is 1. The maximum atomic E-state index is 13.6. The van der Waals surface area contributed by atoms with E-state index in [1.165, 1.54) is 12.1 Å². The van der Waals surface area contributed by atoms with E-state index < -0.39 is 0 Å². The van der Waals surface area contributed by atoms with Gasteiger partial charge >= 0.3 is 0 Å². The first-order valence-electron chi connectivity index (χ1n) is 11.9. The Morgan fingerprint density at radius 3 is 2.62 bits per heavy atom. The molecule has 1 heterocycles. The highest BCUT2D eigenvalue weighted by Gasteiger charge is 2.43. The molecule has 0 amide bonds. The zero-order valence-electron chi connectivity index (χ0n) is 20.2. The zero-order valence-corrected chi connectivity index (χ0v) is 21.8. The number of fused-ring (bicyclic) bond motifs is 1. The lowest BCUT2D eigenvalue weighted by molar-refractivity contribution is -0.113. The van der Waals surface area contributed by atoms with Gasteiger partial charge in [0.05, 0.1) is 20.9 Å². The lowest BCUT2D eigenvalue weighted by Gasteiger charge is -2.28. The second-order valence-corrected chi connectivity index (χ2v) is 10.8. The number of hydrogen-bond donors (Lipinski definition) is 2. The summed E-state index contributed by atoms with van der Waals surface area (Å²) in [6.07, 6.45) is 6.26. The van der Waals surface area contributed by atoms with E-state index in [0.717, 1.165) is 84.7 Å². The molecule has 1 unspecified atom stereocenters. The molecule has 1 saturated carbocycles. The summed E-state index contributed by atoms with van der Waals surface area (Å²) < 4.78 is 23.5. The van der Waals surface area contributed by atoms with E-state index >= 15 is 0 Å². The first kappa shape index (κ1) is 26.9. The Bertz CT molecular complexity index is 938. The molecule has 0 bridgehead atoms. The van der Waals surface area contributed by atoms with Crippen LogP contribution >= 0.6 is 23.7 Å². The Morgan fingerprint density at radius 1 is 1.26 bits per heavy atom. The van der Waals surface area contributed by atoms with Gasteiger partial charge in [0.2, 0.25) is 0 Å². The summed E-state index contributed by atoms with van der Waals surface area (Å²) in [6.45, 7) is 5.59.